The number of carboxylic acids is 1. The first-order valence-corrected chi connectivity index (χ1v) is 10.3. The summed E-state index contributed by atoms with van der Waals surface area (Å²) in [6.45, 7) is 1.49. The molecule has 6 nitrogen and oxygen atoms in total. The molecule has 0 amide bonds. The molecule has 1 atom stereocenters. The fourth-order valence-corrected chi connectivity index (χ4v) is 3.97. The third kappa shape index (κ3) is 4.10. The molecule has 2 aromatic heterocycles. The zero-order valence-electron chi connectivity index (χ0n) is 16.9. The highest BCUT2D eigenvalue weighted by Gasteiger charge is 2.26. The molecule has 3 heterocycles. The van der Waals surface area contributed by atoms with Crippen molar-refractivity contribution < 1.29 is 19.4 Å². The topological polar surface area (TPSA) is 73.6 Å². The smallest absolute Gasteiger partial charge is 0.304 e. The second-order valence-electron chi connectivity index (χ2n) is 7.74. The van der Waals surface area contributed by atoms with Crippen molar-refractivity contribution in [3.05, 3.63) is 89.7 Å². The minimum absolute atomic E-state index is 0.0692. The van der Waals surface area contributed by atoms with Crippen LogP contribution in [-0.2, 0) is 17.9 Å². The number of aliphatic carboxylic acids is 1. The van der Waals surface area contributed by atoms with Crippen LogP contribution < -0.4 is 9.47 Å². The normalized spacial score (nSPS) is 14.9. The van der Waals surface area contributed by atoms with E-state index in [4.69, 9.17) is 19.6 Å². The number of ether oxygens (including phenoxy) is 2. The van der Waals surface area contributed by atoms with Crippen LogP contribution in [0, 0.1) is 0 Å². The SMILES string of the molecule is O=C(O)CC1COc2cc(OCc3ccc4ccn(Cc5ccccc5)c4n3)ccc21. The van der Waals surface area contributed by atoms with Crippen molar-refractivity contribution in [2.45, 2.75) is 25.5 Å². The van der Waals surface area contributed by atoms with Crippen LogP contribution in [0.2, 0.25) is 0 Å². The summed E-state index contributed by atoms with van der Waals surface area (Å²) in [6, 6.07) is 22.0. The van der Waals surface area contributed by atoms with Gasteiger partial charge in [0.05, 0.1) is 18.7 Å². The minimum Gasteiger partial charge on any atom is -0.492 e. The van der Waals surface area contributed by atoms with Crippen LogP contribution in [0.3, 0.4) is 0 Å². The first-order valence-electron chi connectivity index (χ1n) is 10.3. The van der Waals surface area contributed by atoms with Gasteiger partial charge in [0.2, 0.25) is 0 Å². The summed E-state index contributed by atoms with van der Waals surface area (Å²) in [5.74, 6) is 0.448. The molecule has 1 aliphatic rings. The van der Waals surface area contributed by atoms with Crippen molar-refractivity contribution in [3.8, 4) is 11.5 Å². The molecule has 5 rings (SSSR count). The van der Waals surface area contributed by atoms with E-state index in [9.17, 15) is 4.79 Å². The van der Waals surface area contributed by atoms with E-state index in [1.807, 2.05) is 42.5 Å². The van der Waals surface area contributed by atoms with E-state index in [2.05, 4.69) is 35.0 Å². The van der Waals surface area contributed by atoms with Crippen LogP contribution in [0.15, 0.2) is 72.9 Å². The highest BCUT2D eigenvalue weighted by atomic mass is 16.5. The lowest BCUT2D eigenvalue weighted by molar-refractivity contribution is -0.137. The number of hydrogen-bond donors (Lipinski definition) is 1. The van der Waals surface area contributed by atoms with Crippen molar-refractivity contribution in [3.63, 3.8) is 0 Å². The van der Waals surface area contributed by atoms with Gasteiger partial charge in [0.25, 0.3) is 0 Å². The molecule has 0 bridgehead atoms. The van der Waals surface area contributed by atoms with E-state index >= 15 is 0 Å². The van der Waals surface area contributed by atoms with Crippen molar-refractivity contribution in [2.24, 2.45) is 0 Å². The van der Waals surface area contributed by atoms with Gasteiger partial charge in [0, 0.05) is 35.7 Å². The number of fused-ring (bicyclic) bond motifs is 2. The standard InChI is InChI=1S/C25H22N2O4/c28-24(29)12-19-15-31-23-13-21(8-9-22(19)23)30-16-20-7-6-18-10-11-27(25(18)26-20)14-17-4-2-1-3-5-17/h1-11,13,19H,12,14-16H2,(H,28,29). The molecule has 0 saturated carbocycles. The molecule has 156 valence electrons. The summed E-state index contributed by atoms with van der Waals surface area (Å²) >= 11 is 0. The van der Waals surface area contributed by atoms with Gasteiger partial charge in [-0.15, -0.1) is 0 Å². The fraction of sp³-hybridized carbons (Fsp3) is 0.200. The van der Waals surface area contributed by atoms with Gasteiger partial charge >= 0.3 is 5.97 Å². The lowest BCUT2D eigenvalue weighted by Gasteiger charge is -2.10. The zero-order chi connectivity index (χ0) is 21.2. The Labute approximate surface area is 179 Å². The molecule has 31 heavy (non-hydrogen) atoms. The summed E-state index contributed by atoms with van der Waals surface area (Å²) in [5.41, 5.74) is 3.92. The number of rotatable bonds is 7. The number of carboxylic acid groups (broad SMARTS) is 1. The molecule has 0 spiro atoms. The van der Waals surface area contributed by atoms with Gasteiger partial charge in [-0.3, -0.25) is 4.79 Å². The van der Waals surface area contributed by atoms with Gasteiger partial charge in [0.1, 0.15) is 23.8 Å². The third-order valence-electron chi connectivity index (χ3n) is 5.54. The van der Waals surface area contributed by atoms with Crippen LogP contribution in [0.1, 0.15) is 29.2 Å². The van der Waals surface area contributed by atoms with Crippen LogP contribution in [-0.4, -0.2) is 27.2 Å². The largest absolute Gasteiger partial charge is 0.492 e. The van der Waals surface area contributed by atoms with E-state index < -0.39 is 5.97 Å². The van der Waals surface area contributed by atoms with Crippen molar-refractivity contribution in [2.75, 3.05) is 6.61 Å². The number of pyridine rings is 1. The van der Waals surface area contributed by atoms with Gasteiger partial charge in [0.15, 0.2) is 0 Å². The lowest BCUT2D eigenvalue weighted by atomic mass is 9.98. The molecule has 0 saturated heterocycles. The van der Waals surface area contributed by atoms with Gasteiger partial charge < -0.3 is 19.1 Å². The number of nitrogens with zero attached hydrogens (tertiary/aromatic N) is 2. The summed E-state index contributed by atoms with van der Waals surface area (Å²) in [7, 11) is 0. The first kappa shape index (κ1) is 19.2. The Balaban J connectivity index is 1.30. The molecule has 6 heteroatoms. The molecule has 4 aromatic rings. The summed E-state index contributed by atoms with van der Waals surface area (Å²) in [6.07, 6.45) is 2.13. The molecule has 1 aliphatic heterocycles. The molecule has 1 unspecified atom stereocenters. The molecule has 0 fully saturated rings. The van der Waals surface area contributed by atoms with Crippen LogP contribution in [0.5, 0.6) is 11.5 Å². The highest BCUT2D eigenvalue weighted by molar-refractivity contribution is 5.76. The Hall–Kier alpha value is -3.80. The average Bonchev–Trinajstić information content (AvgIpc) is 3.36. The molecule has 1 N–H and O–H groups in total. The minimum atomic E-state index is -0.819. The summed E-state index contributed by atoms with van der Waals surface area (Å²) < 4.78 is 13.8. The molecule has 2 aromatic carbocycles. The van der Waals surface area contributed by atoms with Crippen molar-refractivity contribution in [1.82, 2.24) is 9.55 Å². The van der Waals surface area contributed by atoms with Crippen LogP contribution >= 0.6 is 0 Å². The van der Waals surface area contributed by atoms with E-state index in [0.29, 0.717) is 24.7 Å². The maximum atomic E-state index is 11.0. The van der Waals surface area contributed by atoms with Gasteiger partial charge in [-0.25, -0.2) is 4.98 Å². The lowest BCUT2D eigenvalue weighted by Crippen LogP contribution is -2.07. The Morgan fingerprint density at radius 1 is 1.13 bits per heavy atom. The highest BCUT2D eigenvalue weighted by Crippen LogP contribution is 2.38. The third-order valence-corrected chi connectivity index (χ3v) is 5.54. The number of carbonyl (C=O) groups is 1. The maximum Gasteiger partial charge on any atom is 0.304 e. The van der Waals surface area contributed by atoms with Gasteiger partial charge in [-0.1, -0.05) is 36.4 Å². The predicted molar refractivity (Wildman–Crippen MR) is 117 cm³/mol. The Morgan fingerprint density at radius 2 is 2.00 bits per heavy atom. The fourth-order valence-electron chi connectivity index (χ4n) is 3.97. The quantitative estimate of drug-likeness (QED) is 0.478. The van der Waals surface area contributed by atoms with Gasteiger partial charge in [-0.2, -0.15) is 0 Å². The molecule has 0 aliphatic carbocycles. The van der Waals surface area contributed by atoms with Crippen molar-refractivity contribution in [1.29, 1.82) is 0 Å². The maximum absolute atomic E-state index is 11.0. The summed E-state index contributed by atoms with van der Waals surface area (Å²) in [4.78, 5) is 15.8. The second kappa shape index (κ2) is 8.14. The van der Waals surface area contributed by atoms with Gasteiger partial charge in [-0.05, 0) is 29.8 Å². The predicted octanol–water partition coefficient (Wildman–Crippen LogP) is 4.61. The van der Waals surface area contributed by atoms with Crippen molar-refractivity contribution >= 4 is 17.0 Å². The Bertz CT molecular complexity index is 1230. The first-order chi connectivity index (χ1) is 15.2. The van der Waals surface area contributed by atoms with E-state index in [0.717, 1.165) is 28.8 Å². The van der Waals surface area contributed by atoms with E-state index in [1.54, 1.807) is 0 Å². The zero-order valence-corrected chi connectivity index (χ0v) is 16.9. The number of aromatic nitrogens is 2. The second-order valence-corrected chi connectivity index (χ2v) is 7.74. The Morgan fingerprint density at radius 3 is 2.84 bits per heavy atom. The molecule has 0 radical (unpaired) electrons. The van der Waals surface area contributed by atoms with Crippen LogP contribution in [0.4, 0.5) is 0 Å². The molecular weight excluding hydrogens is 392 g/mol. The number of hydrogen-bond acceptors (Lipinski definition) is 4. The van der Waals surface area contributed by atoms with E-state index in [-0.39, 0.29) is 12.3 Å². The molecular formula is C25H22N2O4. The number of benzene rings is 2. The van der Waals surface area contributed by atoms with E-state index in [1.165, 1.54) is 5.56 Å². The van der Waals surface area contributed by atoms with Crippen LogP contribution in [0.25, 0.3) is 11.0 Å². The Kier molecular flexibility index (Phi) is 5.04. The average molecular weight is 414 g/mol. The summed E-state index contributed by atoms with van der Waals surface area (Å²) in [5, 5.41) is 10.1. The monoisotopic (exact) mass is 414 g/mol.